The second kappa shape index (κ2) is 5.41. The Kier molecular flexibility index (Phi) is 3.73. The third kappa shape index (κ3) is 2.09. The molecule has 0 aromatic carbocycles. The van der Waals surface area contributed by atoms with Gasteiger partial charge in [-0.05, 0) is 78.8 Å². The largest absolute Gasteiger partial charge is 0.300 e. The van der Waals surface area contributed by atoms with Crippen LogP contribution < -0.4 is 0 Å². The Labute approximate surface area is 152 Å². The highest BCUT2D eigenvalue weighted by Gasteiger charge is 2.60. The molecule has 0 amide bonds. The van der Waals surface area contributed by atoms with E-state index in [0.717, 1.165) is 12.8 Å². The average molecular weight is 341 g/mol. The molecule has 0 heterocycles. The molecule has 2 fully saturated rings. The molecule has 25 heavy (non-hydrogen) atoms. The van der Waals surface area contributed by atoms with Crippen LogP contribution in [0.15, 0.2) is 23.8 Å². The zero-order chi connectivity index (χ0) is 18.1. The number of hydrogen-bond acceptors (Lipinski definition) is 2. The molecule has 2 saturated carbocycles. The Morgan fingerprint density at radius 3 is 2.52 bits per heavy atom. The zero-order valence-corrected chi connectivity index (χ0v) is 16.3. The van der Waals surface area contributed by atoms with Crippen LogP contribution in [0.2, 0.25) is 0 Å². The van der Waals surface area contributed by atoms with Gasteiger partial charge in [0.25, 0.3) is 0 Å². The molecule has 8 atom stereocenters. The molecule has 0 saturated heterocycles. The van der Waals surface area contributed by atoms with Crippen molar-refractivity contribution in [1.29, 1.82) is 0 Å². The first-order chi connectivity index (χ1) is 11.7. The van der Waals surface area contributed by atoms with Crippen molar-refractivity contribution in [3.8, 4) is 0 Å². The number of rotatable bonds is 1. The molecular weight excluding hydrogens is 308 g/mol. The highest BCUT2D eigenvalue weighted by molar-refractivity contribution is 5.94. The minimum atomic E-state index is 0.0996. The summed E-state index contributed by atoms with van der Waals surface area (Å²) in [7, 11) is 0. The molecule has 0 bridgehead atoms. The molecule has 0 aliphatic heterocycles. The smallest absolute Gasteiger partial charge is 0.159 e. The number of carbonyl (C=O) groups is 2. The molecule has 0 aromatic rings. The summed E-state index contributed by atoms with van der Waals surface area (Å²) in [6, 6.07) is 0. The van der Waals surface area contributed by atoms with E-state index in [4.69, 9.17) is 0 Å². The Balaban J connectivity index is 1.76. The van der Waals surface area contributed by atoms with Crippen molar-refractivity contribution in [2.24, 2.45) is 46.3 Å². The van der Waals surface area contributed by atoms with E-state index in [2.05, 4.69) is 39.8 Å². The minimum Gasteiger partial charge on any atom is -0.300 e. The summed E-state index contributed by atoms with van der Waals surface area (Å²) >= 11 is 0. The average Bonchev–Trinajstić information content (AvgIpc) is 2.92. The number of fused-ring (bicyclic) bond motifs is 5. The van der Waals surface area contributed by atoms with E-state index in [1.807, 2.05) is 6.08 Å². The summed E-state index contributed by atoms with van der Waals surface area (Å²) < 4.78 is 0. The second-order valence-electron chi connectivity index (χ2n) is 9.80. The van der Waals surface area contributed by atoms with Gasteiger partial charge in [-0.3, -0.25) is 9.59 Å². The highest BCUT2D eigenvalue weighted by atomic mass is 16.1. The van der Waals surface area contributed by atoms with Crippen molar-refractivity contribution in [1.82, 2.24) is 0 Å². The van der Waals surface area contributed by atoms with Crippen LogP contribution in [-0.2, 0) is 9.59 Å². The van der Waals surface area contributed by atoms with Crippen molar-refractivity contribution in [3.63, 3.8) is 0 Å². The van der Waals surface area contributed by atoms with Gasteiger partial charge in [0, 0.05) is 11.8 Å². The normalized spacial score (nSPS) is 51.4. The molecule has 0 spiro atoms. The second-order valence-corrected chi connectivity index (χ2v) is 9.80. The van der Waals surface area contributed by atoms with E-state index in [9.17, 15) is 9.59 Å². The lowest BCUT2D eigenvalue weighted by Gasteiger charge is -2.58. The maximum Gasteiger partial charge on any atom is 0.159 e. The predicted octanol–water partition coefficient (Wildman–Crippen LogP) is 4.99. The van der Waals surface area contributed by atoms with Crippen molar-refractivity contribution in [2.45, 2.75) is 60.3 Å². The van der Waals surface area contributed by atoms with E-state index in [1.165, 1.54) is 18.4 Å². The Morgan fingerprint density at radius 2 is 1.84 bits per heavy atom. The van der Waals surface area contributed by atoms with E-state index in [-0.39, 0.29) is 22.7 Å². The summed E-state index contributed by atoms with van der Waals surface area (Å²) in [5, 5.41) is 0. The number of carbonyl (C=O) groups excluding carboxylic acids is 2. The van der Waals surface area contributed by atoms with E-state index in [0.29, 0.717) is 35.2 Å². The summed E-state index contributed by atoms with van der Waals surface area (Å²) in [6.45, 7) is 11.0. The van der Waals surface area contributed by atoms with Crippen LogP contribution >= 0.6 is 0 Å². The number of Topliss-reactive ketones (excluding diaryl/α,β-unsaturated/α-hetero) is 1. The van der Waals surface area contributed by atoms with Gasteiger partial charge in [-0.15, -0.1) is 0 Å². The molecule has 0 N–H and O–H groups in total. The minimum absolute atomic E-state index is 0.0996. The van der Waals surface area contributed by atoms with Gasteiger partial charge in [0.2, 0.25) is 0 Å². The van der Waals surface area contributed by atoms with Crippen molar-refractivity contribution >= 4 is 11.6 Å². The first-order valence-corrected chi connectivity index (χ1v) is 10.2. The Bertz CT molecular complexity index is 686. The standard InChI is InChI=1S/C23H32O2/c1-13-14(2)23(5)16(12-21(13)25)6-7-17-19-9-8-18(15(3)24)22(19,4)11-10-20(17)23/h6-7,12-14,17-20H,8-11H2,1-5H3/t13?,14?,17-,18+,19-,20+,22+,23+/m0/s1. The molecule has 0 aromatic heterocycles. The van der Waals surface area contributed by atoms with Gasteiger partial charge >= 0.3 is 0 Å². The zero-order valence-electron chi connectivity index (χ0n) is 16.3. The molecule has 4 aliphatic rings. The maximum atomic E-state index is 12.4. The summed E-state index contributed by atoms with van der Waals surface area (Å²) in [5.74, 6) is 3.22. The molecular formula is C23H32O2. The SMILES string of the molecule is CC(=O)[C@H]1CC[C@H]2[C@@H]3C=CC4=CC(=O)C(C)C(C)[C@@]4(C)[C@@H]3CC[C@]12C. The number of ketones is 2. The van der Waals surface area contributed by atoms with E-state index in [1.54, 1.807) is 6.92 Å². The van der Waals surface area contributed by atoms with Crippen LogP contribution in [-0.4, -0.2) is 11.6 Å². The lowest BCUT2D eigenvalue weighted by Crippen LogP contribution is -2.53. The molecule has 0 radical (unpaired) electrons. The lowest BCUT2D eigenvalue weighted by molar-refractivity contribution is -0.129. The first kappa shape index (κ1) is 17.2. The Hall–Kier alpha value is -1.18. The third-order valence-electron chi connectivity index (χ3n) is 9.16. The molecule has 2 unspecified atom stereocenters. The number of allylic oxidation sites excluding steroid dienone is 4. The molecule has 136 valence electrons. The topological polar surface area (TPSA) is 34.1 Å². The van der Waals surface area contributed by atoms with Gasteiger partial charge in [-0.2, -0.15) is 0 Å². The van der Waals surface area contributed by atoms with Gasteiger partial charge in [-0.1, -0.05) is 39.8 Å². The molecule has 2 nitrogen and oxygen atoms in total. The fraction of sp³-hybridized carbons (Fsp3) is 0.739. The van der Waals surface area contributed by atoms with E-state index >= 15 is 0 Å². The molecule has 4 aliphatic carbocycles. The van der Waals surface area contributed by atoms with Gasteiger partial charge < -0.3 is 0 Å². The van der Waals surface area contributed by atoms with Crippen LogP contribution in [0.5, 0.6) is 0 Å². The van der Waals surface area contributed by atoms with Gasteiger partial charge in [-0.25, -0.2) is 0 Å². The van der Waals surface area contributed by atoms with Crippen LogP contribution in [0.1, 0.15) is 60.3 Å². The van der Waals surface area contributed by atoms with Crippen LogP contribution in [0.25, 0.3) is 0 Å². The van der Waals surface area contributed by atoms with Crippen molar-refractivity contribution < 1.29 is 9.59 Å². The van der Waals surface area contributed by atoms with Crippen LogP contribution in [0, 0.1) is 46.3 Å². The summed E-state index contributed by atoms with van der Waals surface area (Å²) in [6.07, 6.45) is 11.2. The van der Waals surface area contributed by atoms with Crippen LogP contribution in [0.4, 0.5) is 0 Å². The van der Waals surface area contributed by atoms with Crippen molar-refractivity contribution in [2.75, 3.05) is 0 Å². The maximum absolute atomic E-state index is 12.4. The van der Waals surface area contributed by atoms with Gasteiger partial charge in [0.05, 0.1) is 0 Å². The molecule has 2 heteroatoms. The summed E-state index contributed by atoms with van der Waals surface area (Å²) in [4.78, 5) is 24.6. The molecule has 4 rings (SSSR count). The van der Waals surface area contributed by atoms with Gasteiger partial charge in [0.15, 0.2) is 5.78 Å². The third-order valence-corrected chi connectivity index (χ3v) is 9.16. The lowest BCUT2D eigenvalue weighted by atomic mass is 9.45. The predicted molar refractivity (Wildman–Crippen MR) is 99.9 cm³/mol. The monoisotopic (exact) mass is 340 g/mol. The van der Waals surface area contributed by atoms with Crippen LogP contribution in [0.3, 0.4) is 0 Å². The highest BCUT2D eigenvalue weighted by Crippen LogP contribution is 2.66. The Morgan fingerprint density at radius 1 is 1.12 bits per heavy atom. The first-order valence-electron chi connectivity index (χ1n) is 10.2. The fourth-order valence-corrected chi connectivity index (χ4v) is 7.29. The quantitative estimate of drug-likeness (QED) is 0.674. The fourth-order valence-electron chi connectivity index (χ4n) is 7.29. The van der Waals surface area contributed by atoms with E-state index < -0.39 is 0 Å². The van der Waals surface area contributed by atoms with Gasteiger partial charge in [0.1, 0.15) is 5.78 Å². The van der Waals surface area contributed by atoms with Crippen molar-refractivity contribution in [3.05, 3.63) is 23.8 Å². The summed E-state index contributed by atoms with van der Waals surface area (Å²) in [5.41, 5.74) is 1.53. The number of hydrogen-bond donors (Lipinski definition) is 0.